The molecule has 25 heavy (non-hydrogen) atoms. The minimum atomic E-state index is 0.216. The molecule has 0 amide bonds. The zero-order valence-electron chi connectivity index (χ0n) is 13.0. The van der Waals surface area contributed by atoms with E-state index in [0.717, 1.165) is 18.7 Å². The number of fused-ring (bicyclic) bond motifs is 1. The normalized spacial score (nSPS) is 17.0. The van der Waals surface area contributed by atoms with Crippen LogP contribution in [0.4, 0.5) is 17.5 Å². The van der Waals surface area contributed by atoms with Gasteiger partial charge in [0.25, 0.3) is 0 Å². The van der Waals surface area contributed by atoms with Crippen LogP contribution in [0.3, 0.4) is 0 Å². The molecule has 1 unspecified atom stereocenters. The molecule has 3 aromatic rings. The van der Waals surface area contributed by atoms with Crippen LogP contribution in [0.15, 0.2) is 30.7 Å². The van der Waals surface area contributed by atoms with Crippen LogP contribution in [-0.4, -0.2) is 39.2 Å². The van der Waals surface area contributed by atoms with Gasteiger partial charge in [0.15, 0.2) is 5.82 Å². The quantitative estimate of drug-likeness (QED) is 0.718. The number of nitrogens with one attached hydrogen (secondary N) is 2. The molecule has 3 heterocycles. The minimum Gasteiger partial charge on any atom is -0.379 e. The largest absolute Gasteiger partial charge is 0.379 e. The first-order valence-corrected chi connectivity index (χ1v) is 8.49. The molecule has 1 aliphatic rings. The number of aromatic nitrogens is 4. The lowest BCUT2D eigenvalue weighted by atomic mass is 10.3. The number of halogens is 2. The predicted molar refractivity (Wildman–Crippen MR) is 97.7 cm³/mol. The molecular formula is C16H14Cl2N6O. The Morgan fingerprint density at radius 1 is 1.12 bits per heavy atom. The van der Waals surface area contributed by atoms with E-state index in [1.807, 2.05) is 6.07 Å². The van der Waals surface area contributed by atoms with Crippen molar-refractivity contribution in [3.63, 3.8) is 0 Å². The zero-order valence-corrected chi connectivity index (χ0v) is 14.6. The molecular weight excluding hydrogens is 363 g/mol. The third kappa shape index (κ3) is 3.58. The number of hydrogen-bond donors (Lipinski definition) is 2. The van der Waals surface area contributed by atoms with Crippen LogP contribution in [0, 0.1) is 0 Å². The van der Waals surface area contributed by atoms with Crippen LogP contribution >= 0.6 is 23.2 Å². The number of rotatable bonds is 4. The van der Waals surface area contributed by atoms with E-state index in [2.05, 4.69) is 30.6 Å². The Kier molecular flexibility index (Phi) is 4.52. The lowest BCUT2D eigenvalue weighted by molar-refractivity contribution is 0.195. The van der Waals surface area contributed by atoms with Gasteiger partial charge in [0, 0.05) is 12.3 Å². The van der Waals surface area contributed by atoms with Crippen molar-refractivity contribution in [3.05, 3.63) is 40.8 Å². The van der Waals surface area contributed by atoms with E-state index in [1.54, 1.807) is 18.3 Å². The predicted octanol–water partition coefficient (Wildman–Crippen LogP) is 3.67. The van der Waals surface area contributed by atoms with E-state index in [4.69, 9.17) is 27.9 Å². The Labute approximate surface area is 153 Å². The molecule has 0 bridgehead atoms. The molecule has 0 saturated carbocycles. The van der Waals surface area contributed by atoms with Crippen LogP contribution in [0.5, 0.6) is 0 Å². The van der Waals surface area contributed by atoms with Crippen molar-refractivity contribution < 1.29 is 4.74 Å². The van der Waals surface area contributed by atoms with E-state index in [0.29, 0.717) is 39.5 Å². The van der Waals surface area contributed by atoms with Crippen molar-refractivity contribution >= 4 is 51.7 Å². The van der Waals surface area contributed by atoms with Gasteiger partial charge in [-0.05, 0) is 24.6 Å². The second-order valence-electron chi connectivity index (χ2n) is 5.61. The van der Waals surface area contributed by atoms with Crippen LogP contribution in [-0.2, 0) is 4.74 Å². The van der Waals surface area contributed by atoms with Gasteiger partial charge in [-0.3, -0.25) is 0 Å². The van der Waals surface area contributed by atoms with Crippen molar-refractivity contribution in [1.82, 2.24) is 19.9 Å². The average Bonchev–Trinajstić information content (AvgIpc) is 3.12. The first-order valence-electron chi connectivity index (χ1n) is 7.73. The van der Waals surface area contributed by atoms with Crippen LogP contribution in [0.25, 0.3) is 11.0 Å². The van der Waals surface area contributed by atoms with Gasteiger partial charge in [0.2, 0.25) is 5.95 Å². The molecule has 2 aromatic heterocycles. The Balaban J connectivity index is 1.66. The fourth-order valence-electron chi connectivity index (χ4n) is 2.56. The zero-order chi connectivity index (χ0) is 17.2. The van der Waals surface area contributed by atoms with Gasteiger partial charge in [-0.2, -0.15) is 0 Å². The van der Waals surface area contributed by atoms with Crippen molar-refractivity contribution in [2.75, 3.05) is 23.8 Å². The summed E-state index contributed by atoms with van der Waals surface area (Å²) < 4.78 is 5.36. The van der Waals surface area contributed by atoms with Gasteiger partial charge in [0.1, 0.15) is 17.4 Å². The van der Waals surface area contributed by atoms with Gasteiger partial charge in [0.05, 0.1) is 28.9 Å². The van der Waals surface area contributed by atoms with Gasteiger partial charge >= 0.3 is 0 Å². The van der Waals surface area contributed by atoms with Gasteiger partial charge in [-0.15, -0.1) is 0 Å². The number of anilines is 3. The Morgan fingerprint density at radius 3 is 2.84 bits per heavy atom. The first kappa shape index (κ1) is 16.3. The molecule has 1 aromatic carbocycles. The fraction of sp³-hybridized carbons (Fsp3) is 0.250. The second kappa shape index (κ2) is 6.95. The van der Waals surface area contributed by atoms with E-state index in [1.165, 1.54) is 6.33 Å². The highest BCUT2D eigenvalue weighted by atomic mass is 35.5. The van der Waals surface area contributed by atoms with Gasteiger partial charge in [-0.25, -0.2) is 19.9 Å². The molecule has 2 N–H and O–H groups in total. The van der Waals surface area contributed by atoms with E-state index >= 15 is 0 Å². The molecule has 9 heteroatoms. The summed E-state index contributed by atoms with van der Waals surface area (Å²) in [7, 11) is 0. The molecule has 1 atom stereocenters. The highest BCUT2D eigenvalue weighted by Crippen LogP contribution is 2.28. The maximum Gasteiger partial charge on any atom is 0.223 e. The molecule has 0 aliphatic carbocycles. The smallest absolute Gasteiger partial charge is 0.223 e. The van der Waals surface area contributed by atoms with E-state index < -0.39 is 0 Å². The van der Waals surface area contributed by atoms with Gasteiger partial charge in [-0.1, -0.05) is 23.2 Å². The molecule has 0 spiro atoms. The second-order valence-corrected chi connectivity index (χ2v) is 6.42. The number of nitrogens with zero attached hydrogens (tertiary/aromatic N) is 4. The van der Waals surface area contributed by atoms with Crippen molar-refractivity contribution in [1.29, 1.82) is 0 Å². The summed E-state index contributed by atoms with van der Waals surface area (Å²) >= 11 is 12.0. The third-order valence-electron chi connectivity index (χ3n) is 3.82. The first-order chi connectivity index (χ1) is 12.2. The maximum atomic E-state index is 6.07. The topological polar surface area (TPSA) is 84.9 Å². The summed E-state index contributed by atoms with van der Waals surface area (Å²) in [5.41, 5.74) is 2.02. The van der Waals surface area contributed by atoms with Crippen LogP contribution in [0.1, 0.15) is 6.42 Å². The standard InChI is InChI=1S/C16H14Cl2N6O/c17-11-2-1-9(5-12(11)18)22-15-14-13(20-8-21-15)6-19-16(24-14)23-10-3-4-25-7-10/h1-2,5-6,8,10H,3-4,7H2,(H,19,23,24)(H,20,21,22). The highest BCUT2D eigenvalue weighted by molar-refractivity contribution is 6.42. The van der Waals surface area contributed by atoms with E-state index in [9.17, 15) is 0 Å². The number of benzene rings is 1. The molecule has 7 nitrogen and oxygen atoms in total. The molecule has 1 fully saturated rings. The van der Waals surface area contributed by atoms with Crippen LogP contribution < -0.4 is 10.6 Å². The monoisotopic (exact) mass is 376 g/mol. The third-order valence-corrected chi connectivity index (χ3v) is 4.56. The summed E-state index contributed by atoms with van der Waals surface area (Å²) in [6, 6.07) is 5.48. The maximum absolute atomic E-state index is 6.07. The Hall–Kier alpha value is -2.22. The minimum absolute atomic E-state index is 0.216. The van der Waals surface area contributed by atoms with Crippen molar-refractivity contribution in [2.45, 2.75) is 12.5 Å². The fourth-order valence-corrected chi connectivity index (χ4v) is 2.85. The number of ether oxygens (including phenoxy) is 1. The molecule has 1 aliphatic heterocycles. The van der Waals surface area contributed by atoms with Crippen molar-refractivity contribution in [2.24, 2.45) is 0 Å². The molecule has 1 saturated heterocycles. The Bertz CT molecular complexity index is 916. The molecule has 4 rings (SSSR count). The SMILES string of the molecule is Clc1ccc(Nc2ncnc3cnc(NC4CCOC4)nc23)cc1Cl. The molecule has 128 valence electrons. The Morgan fingerprint density at radius 2 is 2.04 bits per heavy atom. The highest BCUT2D eigenvalue weighted by Gasteiger charge is 2.17. The van der Waals surface area contributed by atoms with Crippen LogP contribution in [0.2, 0.25) is 10.0 Å². The molecule has 0 radical (unpaired) electrons. The lowest BCUT2D eigenvalue weighted by Crippen LogP contribution is -2.20. The van der Waals surface area contributed by atoms with Crippen molar-refractivity contribution in [3.8, 4) is 0 Å². The summed E-state index contributed by atoms with van der Waals surface area (Å²) in [5.74, 6) is 1.09. The summed E-state index contributed by atoms with van der Waals surface area (Å²) in [6.45, 7) is 1.40. The lowest BCUT2D eigenvalue weighted by Gasteiger charge is -2.12. The summed E-state index contributed by atoms with van der Waals surface area (Å²) in [6.07, 6.45) is 4.06. The number of hydrogen-bond acceptors (Lipinski definition) is 7. The average molecular weight is 377 g/mol. The van der Waals surface area contributed by atoms with Gasteiger partial charge < -0.3 is 15.4 Å². The van der Waals surface area contributed by atoms with E-state index in [-0.39, 0.29) is 6.04 Å². The summed E-state index contributed by atoms with van der Waals surface area (Å²) in [4.78, 5) is 17.4. The summed E-state index contributed by atoms with van der Waals surface area (Å²) in [5, 5.41) is 7.42.